The van der Waals surface area contributed by atoms with Crippen molar-refractivity contribution in [2.24, 2.45) is 0 Å². The predicted molar refractivity (Wildman–Crippen MR) is 94.8 cm³/mol. The topological polar surface area (TPSA) is 53.7 Å². The van der Waals surface area contributed by atoms with Crippen molar-refractivity contribution >= 4 is 17.7 Å². The van der Waals surface area contributed by atoms with Crippen molar-refractivity contribution in [3.63, 3.8) is 0 Å². The Balaban J connectivity index is 1.60. The largest absolute Gasteiger partial charge is 0.467 e. The quantitative estimate of drug-likeness (QED) is 0.808. The molecule has 1 aliphatic rings. The number of aliphatic hydroxyl groups excluding tert-OH is 1. The Labute approximate surface area is 146 Å². The summed E-state index contributed by atoms with van der Waals surface area (Å²) in [5, 5.41) is 10.2. The normalized spacial score (nSPS) is 20.1. The number of amides is 1. The van der Waals surface area contributed by atoms with Gasteiger partial charge in [-0.05, 0) is 44.0 Å². The number of carbonyl (C=O) groups excluding carboxylic acids is 1. The second-order valence-corrected chi connectivity index (χ2v) is 7.58. The molecule has 2 aromatic rings. The molecule has 3 unspecified atom stereocenters. The Bertz CT molecular complexity index is 644. The molecule has 4 nitrogen and oxygen atoms in total. The third kappa shape index (κ3) is 4.02. The average molecular weight is 345 g/mol. The first-order chi connectivity index (χ1) is 11.6. The van der Waals surface area contributed by atoms with E-state index in [2.05, 4.69) is 0 Å². The number of hydrogen-bond acceptors (Lipinski definition) is 4. The van der Waals surface area contributed by atoms with Crippen molar-refractivity contribution in [3.8, 4) is 0 Å². The molecule has 2 heterocycles. The highest BCUT2D eigenvalue weighted by molar-refractivity contribution is 8.00. The summed E-state index contributed by atoms with van der Waals surface area (Å²) in [6.45, 7) is 2.73. The lowest BCUT2D eigenvalue weighted by atomic mass is 10.0. The van der Waals surface area contributed by atoms with Crippen LogP contribution in [0.2, 0.25) is 0 Å². The van der Waals surface area contributed by atoms with Crippen LogP contribution in [0, 0.1) is 0 Å². The van der Waals surface area contributed by atoms with Crippen LogP contribution in [0.3, 0.4) is 0 Å². The zero-order valence-electron chi connectivity index (χ0n) is 13.8. The smallest absolute Gasteiger partial charge is 0.236 e. The van der Waals surface area contributed by atoms with Crippen molar-refractivity contribution in [1.82, 2.24) is 4.90 Å². The molecule has 0 spiro atoms. The Morgan fingerprint density at radius 3 is 2.83 bits per heavy atom. The van der Waals surface area contributed by atoms with Crippen molar-refractivity contribution in [2.45, 2.75) is 48.5 Å². The molecule has 1 aromatic heterocycles. The summed E-state index contributed by atoms with van der Waals surface area (Å²) in [6, 6.07) is 13.6. The Morgan fingerprint density at radius 1 is 1.33 bits per heavy atom. The summed E-state index contributed by atoms with van der Waals surface area (Å²) in [5.74, 6) is 0.721. The Hall–Kier alpha value is -1.72. The highest BCUT2D eigenvalue weighted by Crippen LogP contribution is 2.31. The van der Waals surface area contributed by atoms with Gasteiger partial charge in [-0.1, -0.05) is 18.2 Å². The Kier molecular flexibility index (Phi) is 5.63. The van der Waals surface area contributed by atoms with E-state index in [1.54, 1.807) is 30.2 Å². The third-order valence-electron chi connectivity index (χ3n) is 4.43. The first kappa shape index (κ1) is 17.1. The van der Waals surface area contributed by atoms with Crippen molar-refractivity contribution in [3.05, 3.63) is 54.5 Å². The standard InChI is InChI=1S/C19H23NO3S/c1-14(24-16-8-3-2-4-9-16)19(22)20-11-5-7-15(20)13-17(21)18-10-6-12-23-18/h2-4,6,8-10,12,14-15,17,21H,5,7,11,13H2,1H3. The zero-order valence-corrected chi connectivity index (χ0v) is 14.6. The number of benzene rings is 1. The fraction of sp³-hybridized carbons (Fsp3) is 0.421. The number of nitrogens with zero attached hydrogens (tertiary/aromatic N) is 1. The molecule has 1 aromatic carbocycles. The van der Waals surface area contributed by atoms with Crippen LogP contribution in [-0.4, -0.2) is 33.8 Å². The molecule has 128 valence electrons. The maximum Gasteiger partial charge on any atom is 0.236 e. The van der Waals surface area contributed by atoms with Gasteiger partial charge in [0.2, 0.25) is 5.91 Å². The van der Waals surface area contributed by atoms with Crippen LogP contribution in [0.25, 0.3) is 0 Å². The minimum Gasteiger partial charge on any atom is -0.467 e. The van der Waals surface area contributed by atoms with Crippen LogP contribution in [0.1, 0.15) is 38.1 Å². The van der Waals surface area contributed by atoms with Gasteiger partial charge in [0.05, 0.1) is 11.5 Å². The van der Waals surface area contributed by atoms with Gasteiger partial charge in [0.15, 0.2) is 0 Å². The lowest BCUT2D eigenvalue weighted by molar-refractivity contribution is -0.131. The summed E-state index contributed by atoms with van der Waals surface area (Å²) in [4.78, 5) is 15.9. The molecule has 24 heavy (non-hydrogen) atoms. The molecule has 0 bridgehead atoms. The molecular weight excluding hydrogens is 322 g/mol. The summed E-state index contributed by atoms with van der Waals surface area (Å²) in [7, 11) is 0. The first-order valence-corrected chi connectivity index (χ1v) is 9.27. The van der Waals surface area contributed by atoms with E-state index < -0.39 is 6.10 Å². The molecular formula is C19H23NO3S. The van der Waals surface area contributed by atoms with E-state index in [9.17, 15) is 9.90 Å². The molecule has 1 amide bonds. The molecule has 1 fully saturated rings. The van der Waals surface area contributed by atoms with Gasteiger partial charge in [-0.25, -0.2) is 0 Å². The van der Waals surface area contributed by atoms with E-state index in [0.29, 0.717) is 12.2 Å². The van der Waals surface area contributed by atoms with Gasteiger partial charge in [0.1, 0.15) is 11.9 Å². The number of thioether (sulfide) groups is 1. The average Bonchev–Trinajstić information content (AvgIpc) is 3.26. The predicted octanol–water partition coefficient (Wildman–Crippen LogP) is 3.87. The van der Waals surface area contributed by atoms with Crippen molar-refractivity contribution in [2.75, 3.05) is 6.54 Å². The first-order valence-electron chi connectivity index (χ1n) is 8.39. The van der Waals surface area contributed by atoms with E-state index in [1.165, 1.54) is 0 Å². The number of furan rings is 1. The second-order valence-electron chi connectivity index (χ2n) is 6.17. The summed E-state index contributed by atoms with van der Waals surface area (Å²) in [5.41, 5.74) is 0. The van der Waals surface area contributed by atoms with Crippen LogP contribution in [0.5, 0.6) is 0 Å². The van der Waals surface area contributed by atoms with Crippen molar-refractivity contribution < 1.29 is 14.3 Å². The molecule has 3 atom stereocenters. The fourth-order valence-corrected chi connectivity index (χ4v) is 4.17. The number of carbonyl (C=O) groups is 1. The van der Waals surface area contributed by atoms with Gasteiger partial charge < -0.3 is 14.4 Å². The molecule has 1 saturated heterocycles. The molecule has 3 rings (SSSR count). The van der Waals surface area contributed by atoms with Gasteiger partial charge in [-0.2, -0.15) is 0 Å². The molecule has 5 heteroatoms. The highest BCUT2D eigenvalue weighted by atomic mass is 32.2. The minimum atomic E-state index is -0.657. The minimum absolute atomic E-state index is 0.0800. The van der Waals surface area contributed by atoms with Gasteiger partial charge >= 0.3 is 0 Å². The van der Waals surface area contributed by atoms with Crippen LogP contribution >= 0.6 is 11.8 Å². The van der Waals surface area contributed by atoms with Gasteiger partial charge in [-0.3, -0.25) is 4.79 Å². The third-order valence-corrected chi connectivity index (χ3v) is 5.53. The maximum atomic E-state index is 12.8. The molecule has 1 N–H and O–H groups in total. The van der Waals surface area contributed by atoms with Crippen molar-refractivity contribution in [1.29, 1.82) is 0 Å². The lowest BCUT2D eigenvalue weighted by Crippen LogP contribution is -2.40. The monoisotopic (exact) mass is 345 g/mol. The lowest BCUT2D eigenvalue weighted by Gasteiger charge is -2.28. The van der Waals surface area contributed by atoms with E-state index >= 15 is 0 Å². The van der Waals surface area contributed by atoms with Gasteiger partial charge in [-0.15, -0.1) is 11.8 Å². The van der Waals surface area contributed by atoms with Crippen LogP contribution in [-0.2, 0) is 4.79 Å². The van der Waals surface area contributed by atoms with E-state index in [4.69, 9.17) is 4.42 Å². The fourth-order valence-electron chi connectivity index (χ4n) is 3.21. The Morgan fingerprint density at radius 2 is 2.12 bits per heavy atom. The maximum absolute atomic E-state index is 12.8. The number of aliphatic hydroxyl groups is 1. The van der Waals surface area contributed by atoms with E-state index in [1.807, 2.05) is 42.2 Å². The number of likely N-dealkylation sites (tertiary alicyclic amines) is 1. The summed E-state index contributed by atoms with van der Waals surface area (Å²) >= 11 is 1.58. The summed E-state index contributed by atoms with van der Waals surface area (Å²) < 4.78 is 5.27. The molecule has 0 radical (unpaired) electrons. The van der Waals surface area contributed by atoms with Crippen LogP contribution in [0.15, 0.2) is 58.0 Å². The number of rotatable bonds is 6. The van der Waals surface area contributed by atoms with Gasteiger partial charge in [0.25, 0.3) is 0 Å². The number of hydrogen-bond donors (Lipinski definition) is 1. The zero-order chi connectivity index (χ0) is 16.9. The van der Waals surface area contributed by atoms with Gasteiger partial charge in [0, 0.05) is 23.9 Å². The molecule has 0 aliphatic carbocycles. The molecule has 0 saturated carbocycles. The summed E-state index contributed by atoms with van der Waals surface area (Å²) in [6.07, 6.45) is 3.36. The van der Waals surface area contributed by atoms with E-state index in [0.717, 1.165) is 24.3 Å². The van der Waals surface area contributed by atoms with Crippen LogP contribution in [0.4, 0.5) is 0 Å². The van der Waals surface area contributed by atoms with E-state index in [-0.39, 0.29) is 17.2 Å². The second kappa shape index (κ2) is 7.90. The highest BCUT2D eigenvalue weighted by Gasteiger charge is 2.33. The SMILES string of the molecule is CC(Sc1ccccc1)C(=O)N1CCCC1CC(O)c1ccco1. The molecule has 1 aliphatic heterocycles. The van der Waals surface area contributed by atoms with Crippen LogP contribution < -0.4 is 0 Å².